The lowest BCUT2D eigenvalue weighted by atomic mass is 10.1. The van der Waals surface area contributed by atoms with Gasteiger partial charge in [0.25, 0.3) is 5.91 Å². The minimum absolute atomic E-state index is 0.00358. The van der Waals surface area contributed by atoms with Crippen LogP contribution < -0.4 is 0 Å². The number of hydrogen-bond donors (Lipinski definition) is 1. The highest BCUT2D eigenvalue weighted by Gasteiger charge is 2.33. The van der Waals surface area contributed by atoms with Crippen LogP contribution in [0, 0.1) is 11.7 Å². The Kier molecular flexibility index (Phi) is 3.62. The molecule has 0 bridgehead atoms. The molecule has 0 spiro atoms. The van der Waals surface area contributed by atoms with Gasteiger partial charge in [-0.3, -0.25) is 9.59 Å². The lowest BCUT2D eigenvalue weighted by Gasteiger charge is -2.14. The summed E-state index contributed by atoms with van der Waals surface area (Å²) in [7, 11) is 0. The number of carbonyl (C=O) groups excluding carboxylic acids is 1. The van der Waals surface area contributed by atoms with Gasteiger partial charge in [0, 0.05) is 13.1 Å². The molecule has 1 aromatic carbocycles. The Hall–Kier alpha value is -2.70. The molecule has 1 saturated heterocycles. The third-order valence-corrected chi connectivity index (χ3v) is 3.71. The fourth-order valence-corrected chi connectivity index (χ4v) is 2.53. The maximum Gasteiger partial charge on any atom is 0.308 e. The number of aliphatic carboxylic acids is 1. The van der Waals surface area contributed by atoms with Crippen LogP contribution in [-0.2, 0) is 4.79 Å². The first-order valence-corrected chi connectivity index (χ1v) is 6.78. The molecule has 1 atom stereocenters. The van der Waals surface area contributed by atoms with E-state index >= 15 is 0 Å². The summed E-state index contributed by atoms with van der Waals surface area (Å²) >= 11 is 0. The Labute approximate surface area is 125 Å². The molecule has 0 saturated carbocycles. The number of nitrogens with zero attached hydrogens (tertiary/aromatic N) is 2. The highest BCUT2D eigenvalue weighted by molar-refractivity contribution is 5.98. The van der Waals surface area contributed by atoms with E-state index in [1.165, 1.54) is 23.1 Å². The molecule has 1 unspecified atom stereocenters. The van der Waals surface area contributed by atoms with Gasteiger partial charge < -0.3 is 14.4 Å². The van der Waals surface area contributed by atoms with E-state index in [1.807, 2.05) is 0 Å². The minimum atomic E-state index is -0.926. The maximum absolute atomic E-state index is 13.9. The van der Waals surface area contributed by atoms with Crippen LogP contribution in [0.15, 0.2) is 35.1 Å². The molecule has 1 aliphatic rings. The van der Waals surface area contributed by atoms with Crippen molar-refractivity contribution in [2.75, 3.05) is 13.1 Å². The first-order chi connectivity index (χ1) is 10.6. The molecule has 1 N–H and O–H groups in total. The van der Waals surface area contributed by atoms with Gasteiger partial charge in [0.05, 0.1) is 11.5 Å². The number of rotatable bonds is 3. The van der Waals surface area contributed by atoms with Gasteiger partial charge in [0.15, 0.2) is 17.8 Å². The first kappa shape index (κ1) is 14.2. The SMILES string of the molecule is O=C(O)C1CCN(C(=O)c2ncoc2-c2ccccc2F)C1. The van der Waals surface area contributed by atoms with E-state index in [4.69, 9.17) is 9.52 Å². The second-order valence-electron chi connectivity index (χ2n) is 5.08. The molecule has 0 aliphatic carbocycles. The predicted molar refractivity (Wildman–Crippen MR) is 73.5 cm³/mol. The van der Waals surface area contributed by atoms with Crippen molar-refractivity contribution < 1.29 is 23.5 Å². The van der Waals surface area contributed by atoms with Gasteiger partial charge in [-0.1, -0.05) is 12.1 Å². The molecular formula is C15H13FN2O4. The maximum atomic E-state index is 13.9. The molecule has 1 aromatic heterocycles. The summed E-state index contributed by atoms with van der Waals surface area (Å²) in [4.78, 5) is 28.7. The largest absolute Gasteiger partial charge is 0.481 e. The summed E-state index contributed by atoms with van der Waals surface area (Å²) in [6.07, 6.45) is 1.48. The van der Waals surface area contributed by atoms with Crippen LogP contribution in [0.2, 0.25) is 0 Å². The number of hydrogen-bond acceptors (Lipinski definition) is 4. The summed E-state index contributed by atoms with van der Waals surface area (Å²) in [6.45, 7) is 0.455. The number of halogens is 1. The Morgan fingerprint density at radius 3 is 2.82 bits per heavy atom. The summed E-state index contributed by atoms with van der Waals surface area (Å²) in [5.41, 5.74) is 0.147. The minimum Gasteiger partial charge on any atom is -0.481 e. The highest BCUT2D eigenvalue weighted by Crippen LogP contribution is 2.28. The van der Waals surface area contributed by atoms with Gasteiger partial charge in [0.2, 0.25) is 0 Å². The number of aromatic nitrogens is 1. The van der Waals surface area contributed by atoms with E-state index < -0.39 is 23.6 Å². The Balaban J connectivity index is 1.88. The number of carbonyl (C=O) groups is 2. The van der Waals surface area contributed by atoms with Crippen molar-refractivity contribution in [3.63, 3.8) is 0 Å². The molecule has 2 aromatic rings. The number of benzene rings is 1. The fourth-order valence-electron chi connectivity index (χ4n) is 2.53. The lowest BCUT2D eigenvalue weighted by Crippen LogP contribution is -2.30. The quantitative estimate of drug-likeness (QED) is 0.938. The van der Waals surface area contributed by atoms with Gasteiger partial charge in [0.1, 0.15) is 5.82 Å². The van der Waals surface area contributed by atoms with Crippen molar-refractivity contribution >= 4 is 11.9 Å². The average molecular weight is 304 g/mol. The molecule has 6 nitrogen and oxygen atoms in total. The number of carboxylic acid groups (broad SMARTS) is 1. The van der Waals surface area contributed by atoms with Crippen LogP contribution in [0.3, 0.4) is 0 Å². The number of likely N-dealkylation sites (tertiary alicyclic amines) is 1. The van der Waals surface area contributed by atoms with E-state index in [0.717, 1.165) is 6.39 Å². The molecule has 1 amide bonds. The van der Waals surface area contributed by atoms with E-state index in [9.17, 15) is 14.0 Å². The van der Waals surface area contributed by atoms with Gasteiger partial charge in [-0.15, -0.1) is 0 Å². The monoisotopic (exact) mass is 304 g/mol. The Morgan fingerprint density at radius 2 is 2.14 bits per heavy atom. The van der Waals surface area contributed by atoms with Crippen molar-refractivity contribution in [3.05, 3.63) is 42.2 Å². The van der Waals surface area contributed by atoms with E-state index in [2.05, 4.69) is 4.98 Å². The van der Waals surface area contributed by atoms with Gasteiger partial charge in [-0.05, 0) is 18.6 Å². The van der Waals surface area contributed by atoms with Gasteiger partial charge in [-0.25, -0.2) is 9.37 Å². The van der Waals surface area contributed by atoms with E-state index in [-0.39, 0.29) is 23.6 Å². The summed E-state index contributed by atoms with van der Waals surface area (Å²) in [5, 5.41) is 8.99. The third kappa shape index (κ3) is 2.45. The zero-order chi connectivity index (χ0) is 15.7. The molecule has 3 rings (SSSR count). The summed E-state index contributed by atoms with van der Waals surface area (Å²) in [5.74, 6) is -2.41. The number of oxazole rings is 1. The second-order valence-corrected chi connectivity index (χ2v) is 5.08. The van der Waals surface area contributed by atoms with Crippen LogP contribution in [-0.4, -0.2) is 40.0 Å². The summed E-state index contributed by atoms with van der Waals surface area (Å²) < 4.78 is 19.0. The topological polar surface area (TPSA) is 83.6 Å². The number of amides is 1. The van der Waals surface area contributed by atoms with Crippen molar-refractivity contribution in [1.82, 2.24) is 9.88 Å². The summed E-state index contributed by atoms with van der Waals surface area (Å²) in [6, 6.07) is 5.93. The van der Waals surface area contributed by atoms with Crippen LogP contribution >= 0.6 is 0 Å². The van der Waals surface area contributed by atoms with E-state index in [1.54, 1.807) is 6.07 Å². The lowest BCUT2D eigenvalue weighted by molar-refractivity contribution is -0.141. The Bertz CT molecular complexity index is 728. The molecule has 1 aliphatic heterocycles. The van der Waals surface area contributed by atoms with E-state index in [0.29, 0.717) is 13.0 Å². The third-order valence-electron chi connectivity index (χ3n) is 3.71. The first-order valence-electron chi connectivity index (χ1n) is 6.78. The Morgan fingerprint density at radius 1 is 1.36 bits per heavy atom. The normalized spacial score (nSPS) is 17.7. The number of carboxylic acids is 1. The van der Waals surface area contributed by atoms with Crippen molar-refractivity contribution in [2.24, 2.45) is 5.92 Å². The molecule has 7 heteroatoms. The van der Waals surface area contributed by atoms with Crippen LogP contribution in [0.5, 0.6) is 0 Å². The smallest absolute Gasteiger partial charge is 0.308 e. The van der Waals surface area contributed by atoms with Crippen LogP contribution in [0.4, 0.5) is 4.39 Å². The van der Waals surface area contributed by atoms with Crippen LogP contribution in [0.25, 0.3) is 11.3 Å². The van der Waals surface area contributed by atoms with Crippen LogP contribution in [0.1, 0.15) is 16.9 Å². The average Bonchev–Trinajstić information content (AvgIpc) is 3.16. The van der Waals surface area contributed by atoms with Crippen molar-refractivity contribution in [2.45, 2.75) is 6.42 Å². The molecule has 0 radical (unpaired) electrons. The standard InChI is InChI=1S/C15H13FN2O4/c16-11-4-2-1-3-10(11)13-12(17-8-22-13)14(19)18-6-5-9(7-18)15(20)21/h1-4,8-9H,5-7H2,(H,20,21). The zero-order valence-corrected chi connectivity index (χ0v) is 11.5. The molecular weight excluding hydrogens is 291 g/mol. The predicted octanol–water partition coefficient (Wildman–Crippen LogP) is 2.03. The molecule has 1 fully saturated rings. The zero-order valence-electron chi connectivity index (χ0n) is 11.5. The van der Waals surface area contributed by atoms with Crippen molar-refractivity contribution in [3.8, 4) is 11.3 Å². The van der Waals surface area contributed by atoms with Gasteiger partial charge >= 0.3 is 5.97 Å². The van der Waals surface area contributed by atoms with Crippen molar-refractivity contribution in [1.29, 1.82) is 0 Å². The molecule has 2 heterocycles. The fraction of sp³-hybridized carbons (Fsp3) is 0.267. The second kappa shape index (κ2) is 5.59. The highest BCUT2D eigenvalue weighted by atomic mass is 19.1. The molecule has 22 heavy (non-hydrogen) atoms. The van der Waals surface area contributed by atoms with Gasteiger partial charge in [-0.2, -0.15) is 0 Å². The molecule has 114 valence electrons.